The molecule has 1 saturated carbocycles. The number of hydrogen-bond acceptors (Lipinski definition) is 9. The lowest BCUT2D eigenvalue weighted by Gasteiger charge is -2.38. The number of pyridine rings is 3. The van der Waals surface area contributed by atoms with Gasteiger partial charge in [0.15, 0.2) is 11.6 Å². The molecule has 0 spiro atoms. The number of carbonyl (C=O) groups is 1. The maximum Gasteiger partial charge on any atom is 0.291 e. The van der Waals surface area contributed by atoms with Crippen LogP contribution in [0.2, 0.25) is 0 Å². The maximum absolute atomic E-state index is 13.6. The number of methoxy groups -OCH3 is 1. The molecule has 0 bridgehead atoms. The standard InChI is InChI=1S/C31H35FN8O3/c1-19(22-7-8-25(34-15-22)40-17-23(32)16-35-40)36-28(41)31(42-4)11-9-20(10-12-31)27-26-21(6-5-13-33-26)14-24(37-27)38-29-39-30(2,3)18-43-29/h5-8,13-17,19-20H,9-12,18H2,1-4H3,(H,36,41)(H,37,38,39)/t19-,20-,31+/m0/s1. The number of halogens is 1. The van der Waals surface area contributed by atoms with Crippen molar-refractivity contribution in [2.24, 2.45) is 4.99 Å². The van der Waals surface area contributed by atoms with Gasteiger partial charge in [0, 0.05) is 30.8 Å². The lowest BCUT2D eigenvalue weighted by Crippen LogP contribution is -2.50. The molecule has 4 aromatic heterocycles. The smallest absolute Gasteiger partial charge is 0.291 e. The van der Waals surface area contributed by atoms with Crippen LogP contribution in [0.5, 0.6) is 0 Å². The normalized spacial score (nSPS) is 22.1. The van der Waals surface area contributed by atoms with Crippen LogP contribution in [0.4, 0.5) is 10.2 Å². The number of rotatable bonds is 7. The Morgan fingerprint density at radius 3 is 2.65 bits per heavy atom. The van der Waals surface area contributed by atoms with Crippen LogP contribution in [-0.2, 0) is 14.3 Å². The van der Waals surface area contributed by atoms with Crippen LogP contribution in [0.15, 0.2) is 60.1 Å². The Labute approximate surface area is 249 Å². The fourth-order valence-electron chi connectivity index (χ4n) is 5.73. The average Bonchev–Trinajstić information content (AvgIpc) is 3.60. The summed E-state index contributed by atoms with van der Waals surface area (Å²) in [6.45, 7) is 6.44. The molecule has 2 aliphatic rings. The third-order valence-corrected chi connectivity index (χ3v) is 8.20. The molecule has 43 heavy (non-hydrogen) atoms. The van der Waals surface area contributed by atoms with Crippen LogP contribution in [0.1, 0.15) is 69.7 Å². The van der Waals surface area contributed by atoms with E-state index in [2.05, 4.69) is 30.7 Å². The van der Waals surface area contributed by atoms with Gasteiger partial charge in [0.2, 0.25) is 0 Å². The Kier molecular flexibility index (Phi) is 7.55. The molecule has 1 amide bonds. The second-order valence-corrected chi connectivity index (χ2v) is 11.8. The van der Waals surface area contributed by atoms with Crippen LogP contribution in [0.3, 0.4) is 0 Å². The van der Waals surface area contributed by atoms with E-state index >= 15 is 0 Å². The van der Waals surface area contributed by atoms with E-state index in [9.17, 15) is 9.18 Å². The third kappa shape index (κ3) is 5.92. The molecule has 1 aliphatic carbocycles. The summed E-state index contributed by atoms with van der Waals surface area (Å²) in [6.07, 6.45) is 8.30. The number of ether oxygens (including phenoxy) is 2. The number of fused-ring (bicyclic) bond motifs is 1. The first-order valence-electron chi connectivity index (χ1n) is 14.4. The van der Waals surface area contributed by atoms with E-state index in [0.29, 0.717) is 49.9 Å². The minimum Gasteiger partial charge on any atom is -0.462 e. The molecule has 11 nitrogen and oxygen atoms in total. The summed E-state index contributed by atoms with van der Waals surface area (Å²) in [4.78, 5) is 32.2. The third-order valence-electron chi connectivity index (χ3n) is 8.20. The van der Waals surface area contributed by atoms with Crippen molar-refractivity contribution in [2.75, 3.05) is 19.0 Å². The highest BCUT2D eigenvalue weighted by atomic mass is 19.1. The molecular weight excluding hydrogens is 551 g/mol. The minimum absolute atomic E-state index is 0.0967. The molecule has 0 unspecified atom stereocenters. The Balaban J connectivity index is 1.15. The van der Waals surface area contributed by atoms with Gasteiger partial charge in [-0.15, -0.1) is 0 Å². The van der Waals surface area contributed by atoms with E-state index in [1.54, 1.807) is 25.6 Å². The summed E-state index contributed by atoms with van der Waals surface area (Å²) in [5, 5.41) is 11.3. The summed E-state index contributed by atoms with van der Waals surface area (Å²) < 4.78 is 26.3. The largest absolute Gasteiger partial charge is 0.462 e. The van der Waals surface area contributed by atoms with Crippen molar-refractivity contribution in [3.8, 4) is 5.82 Å². The van der Waals surface area contributed by atoms with E-state index in [1.807, 2.05) is 45.0 Å². The highest BCUT2D eigenvalue weighted by molar-refractivity contribution is 5.92. The monoisotopic (exact) mass is 586 g/mol. The summed E-state index contributed by atoms with van der Waals surface area (Å²) in [5.41, 5.74) is 1.32. The highest BCUT2D eigenvalue weighted by Crippen LogP contribution is 2.41. The predicted octanol–water partition coefficient (Wildman–Crippen LogP) is 4.85. The lowest BCUT2D eigenvalue weighted by molar-refractivity contribution is -0.148. The van der Waals surface area contributed by atoms with Crippen LogP contribution in [-0.4, -0.2) is 61.5 Å². The summed E-state index contributed by atoms with van der Waals surface area (Å²) >= 11 is 0. The van der Waals surface area contributed by atoms with Crippen molar-refractivity contribution >= 4 is 28.6 Å². The summed E-state index contributed by atoms with van der Waals surface area (Å²) in [7, 11) is 1.59. The molecule has 4 aromatic rings. The van der Waals surface area contributed by atoms with E-state index in [1.165, 1.54) is 10.9 Å². The Hall–Kier alpha value is -4.45. The van der Waals surface area contributed by atoms with Gasteiger partial charge in [-0.05, 0) is 70.2 Å². The SMILES string of the molecule is CO[C@]1(C(=O)N[C@@H](C)c2ccc(-n3cc(F)cn3)nc2)CC[C@H](c2nc(NC3=NC(C)(C)CO3)cc3cccnc32)CC1. The van der Waals surface area contributed by atoms with Gasteiger partial charge in [0.05, 0.1) is 35.2 Å². The molecule has 0 saturated heterocycles. The van der Waals surface area contributed by atoms with Gasteiger partial charge < -0.3 is 14.8 Å². The molecule has 12 heteroatoms. The number of aromatic nitrogens is 5. The van der Waals surface area contributed by atoms with Crippen molar-refractivity contribution in [1.82, 2.24) is 30.0 Å². The predicted molar refractivity (Wildman–Crippen MR) is 159 cm³/mol. The number of anilines is 1. The van der Waals surface area contributed by atoms with Crippen molar-refractivity contribution in [3.05, 3.63) is 72.2 Å². The van der Waals surface area contributed by atoms with E-state index < -0.39 is 11.4 Å². The van der Waals surface area contributed by atoms with Crippen molar-refractivity contribution in [1.29, 1.82) is 0 Å². The Bertz CT molecular complexity index is 1660. The van der Waals surface area contributed by atoms with E-state index in [0.717, 1.165) is 28.4 Å². The molecule has 1 atom stereocenters. The molecule has 1 aliphatic heterocycles. The second kappa shape index (κ2) is 11.3. The first-order valence-corrected chi connectivity index (χ1v) is 14.4. The lowest BCUT2D eigenvalue weighted by atomic mass is 9.76. The fourth-order valence-corrected chi connectivity index (χ4v) is 5.73. The zero-order chi connectivity index (χ0) is 30.2. The second-order valence-electron chi connectivity index (χ2n) is 11.8. The van der Waals surface area contributed by atoms with Crippen molar-refractivity contribution in [2.45, 2.75) is 69.6 Å². The Morgan fingerprint density at radius 1 is 1.19 bits per heavy atom. The molecule has 2 N–H and O–H groups in total. The quantitative estimate of drug-likeness (QED) is 0.315. The Morgan fingerprint density at radius 2 is 2.00 bits per heavy atom. The zero-order valence-corrected chi connectivity index (χ0v) is 24.7. The van der Waals surface area contributed by atoms with Crippen LogP contribution >= 0.6 is 0 Å². The number of amidine groups is 1. The summed E-state index contributed by atoms with van der Waals surface area (Å²) in [5.74, 6) is 0.636. The number of hydrogen-bond donors (Lipinski definition) is 2. The van der Waals surface area contributed by atoms with Crippen LogP contribution in [0.25, 0.3) is 16.7 Å². The van der Waals surface area contributed by atoms with Gasteiger partial charge >= 0.3 is 0 Å². The first-order chi connectivity index (χ1) is 20.6. The molecule has 0 aromatic carbocycles. The van der Waals surface area contributed by atoms with E-state index in [-0.39, 0.29) is 23.4 Å². The van der Waals surface area contributed by atoms with Gasteiger partial charge in [-0.3, -0.25) is 15.1 Å². The van der Waals surface area contributed by atoms with Gasteiger partial charge in [0.25, 0.3) is 11.9 Å². The molecule has 0 radical (unpaired) electrons. The first kappa shape index (κ1) is 28.7. The maximum atomic E-state index is 13.6. The number of carbonyl (C=O) groups excluding carboxylic acids is 1. The van der Waals surface area contributed by atoms with Crippen LogP contribution < -0.4 is 10.6 Å². The minimum atomic E-state index is -0.957. The molecule has 1 fully saturated rings. The number of amides is 1. The molecule has 5 heterocycles. The van der Waals surface area contributed by atoms with Crippen molar-refractivity contribution in [3.63, 3.8) is 0 Å². The van der Waals surface area contributed by atoms with E-state index in [4.69, 9.17) is 14.5 Å². The highest BCUT2D eigenvalue weighted by Gasteiger charge is 2.43. The average molecular weight is 587 g/mol. The summed E-state index contributed by atoms with van der Waals surface area (Å²) in [6, 6.07) is 9.61. The molecule has 6 rings (SSSR count). The van der Waals surface area contributed by atoms with Crippen LogP contribution in [0, 0.1) is 5.82 Å². The fraction of sp³-hybridized carbons (Fsp3) is 0.419. The topological polar surface area (TPSA) is 128 Å². The van der Waals surface area contributed by atoms with Gasteiger partial charge in [-0.2, -0.15) is 5.10 Å². The number of aliphatic imine (C=N–C) groups is 1. The molecule has 224 valence electrons. The number of nitrogens with zero attached hydrogens (tertiary/aromatic N) is 6. The molecular formula is C31H35FN8O3. The van der Waals surface area contributed by atoms with Gasteiger partial charge in [-0.1, -0.05) is 12.1 Å². The van der Waals surface area contributed by atoms with Crippen molar-refractivity contribution < 1.29 is 18.7 Å². The van der Waals surface area contributed by atoms with Gasteiger partial charge in [0.1, 0.15) is 18.0 Å². The zero-order valence-electron chi connectivity index (χ0n) is 24.7. The van der Waals surface area contributed by atoms with Gasteiger partial charge in [-0.25, -0.2) is 24.0 Å². The number of nitrogens with one attached hydrogen (secondary N) is 2.